The SMILES string of the molecule is COc1ccc(N2CCC(n3cc(F)c4c(Cc5ccc(C(=O)N(C)C)cc5F)ncnc43)CC2)nc1. The number of ether oxygens (including phenoxy) is 1. The molecule has 0 aliphatic carbocycles. The van der Waals surface area contributed by atoms with E-state index in [1.807, 2.05) is 16.7 Å². The molecule has 1 saturated heterocycles. The van der Waals surface area contributed by atoms with Crippen LogP contribution in [0.3, 0.4) is 0 Å². The molecule has 1 amide bonds. The van der Waals surface area contributed by atoms with Crippen LogP contribution in [0.25, 0.3) is 11.0 Å². The number of anilines is 1. The molecule has 1 fully saturated rings. The van der Waals surface area contributed by atoms with Crippen molar-refractivity contribution in [3.63, 3.8) is 0 Å². The molecule has 0 unspecified atom stereocenters. The van der Waals surface area contributed by atoms with Crippen LogP contribution in [0.2, 0.25) is 0 Å². The number of nitrogens with zero attached hydrogens (tertiary/aromatic N) is 6. The van der Waals surface area contributed by atoms with E-state index in [2.05, 4.69) is 19.9 Å². The minimum absolute atomic E-state index is 0.0670. The summed E-state index contributed by atoms with van der Waals surface area (Å²) in [5.41, 5.74) is 1.50. The molecule has 4 heterocycles. The van der Waals surface area contributed by atoms with Gasteiger partial charge in [-0.1, -0.05) is 6.07 Å². The number of rotatable bonds is 6. The summed E-state index contributed by atoms with van der Waals surface area (Å²) in [6.07, 6.45) is 6.25. The van der Waals surface area contributed by atoms with Crippen LogP contribution < -0.4 is 9.64 Å². The quantitative estimate of drug-likeness (QED) is 0.389. The zero-order valence-corrected chi connectivity index (χ0v) is 21.0. The number of hydrogen-bond acceptors (Lipinski definition) is 6. The highest BCUT2D eigenvalue weighted by atomic mass is 19.1. The van der Waals surface area contributed by atoms with Gasteiger partial charge in [0.1, 0.15) is 29.4 Å². The minimum atomic E-state index is -0.529. The largest absolute Gasteiger partial charge is 0.495 e. The van der Waals surface area contributed by atoms with Gasteiger partial charge < -0.3 is 19.1 Å². The maximum absolute atomic E-state index is 15.2. The number of methoxy groups -OCH3 is 1. The summed E-state index contributed by atoms with van der Waals surface area (Å²) in [5, 5.41) is 0.301. The smallest absolute Gasteiger partial charge is 0.253 e. The third-order valence-corrected chi connectivity index (χ3v) is 6.84. The van der Waals surface area contributed by atoms with Crippen LogP contribution in [0.5, 0.6) is 5.75 Å². The molecule has 0 atom stereocenters. The fourth-order valence-electron chi connectivity index (χ4n) is 4.83. The van der Waals surface area contributed by atoms with Crippen molar-refractivity contribution in [2.75, 3.05) is 39.2 Å². The topological polar surface area (TPSA) is 76.4 Å². The summed E-state index contributed by atoms with van der Waals surface area (Å²) in [4.78, 5) is 28.9. The first-order valence-electron chi connectivity index (χ1n) is 12.1. The molecule has 1 aliphatic heterocycles. The third kappa shape index (κ3) is 4.83. The first-order valence-corrected chi connectivity index (χ1v) is 12.1. The van der Waals surface area contributed by atoms with Gasteiger partial charge in [0.05, 0.1) is 24.4 Å². The Labute approximate surface area is 213 Å². The lowest BCUT2D eigenvalue weighted by molar-refractivity contribution is 0.0827. The molecule has 8 nitrogen and oxygen atoms in total. The molecule has 10 heteroatoms. The molecule has 1 aromatic carbocycles. The van der Waals surface area contributed by atoms with Crippen molar-refractivity contribution in [3.8, 4) is 5.75 Å². The number of halogens is 2. The summed E-state index contributed by atoms with van der Waals surface area (Å²) in [6, 6.07) is 8.23. The van der Waals surface area contributed by atoms with Gasteiger partial charge in [-0.05, 0) is 42.7 Å². The van der Waals surface area contributed by atoms with Crippen molar-refractivity contribution in [2.45, 2.75) is 25.3 Å². The van der Waals surface area contributed by atoms with Gasteiger partial charge >= 0.3 is 0 Å². The summed E-state index contributed by atoms with van der Waals surface area (Å²) in [7, 11) is 4.83. The first kappa shape index (κ1) is 24.6. The highest BCUT2D eigenvalue weighted by Gasteiger charge is 2.25. The van der Waals surface area contributed by atoms with Crippen molar-refractivity contribution in [2.24, 2.45) is 0 Å². The monoisotopic (exact) mass is 506 g/mol. The molecule has 5 rings (SSSR count). The fraction of sp³-hybridized carbons (Fsp3) is 0.333. The van der Waals surface area contributed by atoms with E-state index in [1.165, 1.54) is 23.5 Å². The molecule has 0 N–H and O–H groups in total. The molecule has 192 valence electrons. The van der Waals surface area contributed by atoms with E-state index in [1.54, 1.807) is 39.5 Å². The second-order valence-electron chi connectivity index (χ2n) is 9.36. The number of carbonyl (C=O) groups excluding carboxylic acids is 1. The molecule has 37 heavy (non-hydrogen) atoms. The Balaban J connectivity index is 1.36. The normalized spacial score (nSPS) is 14.2. The molecule has 0 spiro atoms. The maximum atomic E-state index is 15.2. The van der Waals surface area contributed by atoms with Crippen LogP contribution >= 0.6 is 0 Å². The molecule has 0 radical (unpaired) electrons. The minimum Gasteiger partial charge on any atom is -0.495 e. The van der Waals surface area contributed by atoms with Gasteiger partial charge in [0.15, 0.2) is 5.82 Å². The summed E-state index contributed by atoms with van der Waals surface area (Å²) in [5.74, 6) is 0.351. The van der Waals surface area contributed by atoms with Gasteiger partial charge in [0.2, 0.25) is 0 Å². The van der Waals surface area contributed by atoms with E-state index < -0.39 is 11.6 Å². The van der Waals surface area contributed by atoms with E-state index >= 15 is 4.39 Å². The van der Waals surface area contributed by atoms with Gasteiger partial charge in [0.25, 0.3) is 5.91 Å². The Morgan fingerprint density at radius 3 is 2.51 bits per heavy atom. The lowest BCUT2D eigenvalue weighted by Crippen LogP contribution is -2.35. The Bertz CT molecular complexity index is 1430. The molecular formula is C27H28F2N6O2. The number of pyridine rings is 1. The highest BCUT2D eigenvalue weighted by Crippen LogP contribution is 2.32. The van der Waals surface area contributed by atoms with E-state index in [-0.39, 0.29) is 23.9 Å². The molecule has 4 aromatic rings. The predicted molar refractivity (Wildman–Crippen MR) is 136 cm³/mol. The Hall–Kier alpha value is -4.08. The van der Waals surface area contributed by atoms with E-state index in [4.69, 9.17) is 4.74 Å². The Morgan fingerprint density at radius 1 is 1.08 bits per heavy atom. The van der Waals surface area contributed by atoms with E-state index in [0.29, 0.717) is 28.0 Å². The number of benzene rings is 1. The second-order valence-corrected chi connectivity index (χ2v) is 9.36. The van der Waals surface area contributed by atoms with Gasteiger partial charge in [0, 0.05) is 51.4 Å². The van der Waals surface area contributed by atoms with Crippen LogP contribution in [0.4, 0.5) is 14.6 Å². The fourth-order valence-corrected chi connectivity index (χ4v) is 4.83. The van der Waals surface area contributed by atoms with Gasteiger partial charge in [-0.3, -0.25) is 4.79 Å². The number of piperidine rings is 1. The van der Waals surface area contributed by atoms with Crippen molar-refractivity contribution in [1.82, 2.24) is 24.4 Å². The van der Waals surface area contributed by atoms with Crippen LogP contribution in [0.15, 0.2) is 49.1 Å². The number of carbonyl (C=O) groups is 1. The Morgan fingerprint density at radius 2 is 1.86 bits per heavy atom. The second kappa shape index (κ2) is 10.1. The summed E-state index contributed by atoms with van der Waals surface area (Å²) < 4.78 is 37.1. The standard InChI is InChI=1S/C27H28F2N6O2/c1-33(2)27(36)18-5-4-17(21(28)12-18)13-23-25-22(29)15-35(26(25)32-16-31-23)19-8-10-34(11-9-19)24-7-6-20(37-3)14-30-24/h4-7,12,14-16,19H,8-11,13H2,1-3H3. The van der Waals surface area contributed by atoms with Gasteiger partial charge in [-0.15, -0.1) is 0 Å². The van der Waals surface area contributed by atoms with Crippen molar-refractivity contribution < 1.29 is 18.3 Å². The number of amides is 1. The highest BCUT2D eigenvalue weighted by molar-refractivity contribution is 5.94. The van der Waals surface area contributed by atoms with Gasteiger partial charge in [-0.2, -0.15) is 0 Å². The number of aromatic nitrogens is 4. The summed E-state index contributed by atoms with van der Waals surface area (Å²) >= 11 is 0. The van der Waals surface area contributed by atoms with Crippen LogP contribution in [-0.2, 0) is 6.42 Å². The summed E-state index contributed by atoms with van der Waals surface area (Å²) in [6.45, 7) is 1.54. The lowest BCUT2D eigenvalue weighted by Gasteiger charge is -2.33. The maximum Gasteiger partial charge on any atom is 0.253 e. The van der Waals surface area contributed by atoms with Crippen molar-refractivity contribution in [1.29, 1.82) is 0 Å². The Kier molecular flexibility index (Phi) is 6.73. The number of fused-ring (bicyclic) bond motifs is 1. The molecule has 3 aromatic heterocycles. The first-order chi connectivity index (χ1) is 17.9. The average molecular weight is 507 g/mol. The average Bonchev–Trinajstić information content (AvgIpc) is 3.26. The van der Waals surface area contributed by atoms with Crippen molar-refractivity contribution >= 4 is 22.8 Å². The number of hydrogen-bond donors (Lipinski definition) is 0. The van der Waals surface area contributed by atoms with Crippen LogP contribution in [-0.4, -0.2) is 64.6 Å². The predicted octanol–water partition coefficient (Wildman–Crippen LogP) is 4.25. The van der Waals surface area contributed by atoms with Crippen LogP contribution in [0.1, 0.15) is 40.5 Å². The molecular weight excluding hydrogens is 478 g/mol. The molecule has 0 saturated carbocycles. The third-order valence-electron chi connectivity index (χ3n) is 6.84. The molecule has 0 bridgehead atoms. The zero-order valence-electron chi connectivity index (χ0n) is 21.0. The van der Waals surface area contributed by atoms with Crippen molar-refractivity contribution in [3.05, 3.63) is 77.5 Å². The lowest BCUT2D eigenvalue weighted by atomic mass is 10.0. The molecule has 1 aliphatic rings. The van der Waals surface area contributed by atoms with E-state index in [0.717, 1.165) is 31.7 Å². The van der Waals surface area contributed by atoms with E-state index in [9.17, 15) is 9.18 Å². The zero-order chi connectivity index (χ0) is 26.1. The van der Waals surface area contributed by atoms with Crippen LogP contribution in [0, 0.1) is 11.6 Å². The van der Waals surface area contributed by atoms with Gasteiger partial charge in [-0.25, -0.2) is 23.7 Å².